The van der Waals surface area contributed by atoms with Crippen LogP contribution in [0.5, 0.6) is 0 Å². The number of nitrogens with zero attached hydrogens (tertiary/aromatic N) is 1. The Morgan fingerprint density at radius 2 is 2.30 bits per heavy atom. The first-order valence-corrected chi connectivity index (χ1v) is 6.99. The summed E-state index contributed by atoms with van der Waals surface area (Å²) in [6.45, 7) is 3.73. The number of furan rings is 1. The van der Waals surface area contributed by atoms with Crippen LogP contribution in [0.3, 0.4) is 0 Å². The molecule has 0 radical (unpaired) electrons. The van der Waals surface area contributed by atoms with Gasteiger partial charge >= 0.3 is 0 Å². The van der Waals surface area contributed by atoms with Gasteiger partial charge in [0.05, 0.1) is 5.88 Å². The zero-order valence-electron chi connectivity index (χ0n) is 11.5. The van der Waals surface area contributed by atoms with Crippen molar-refractivity contribution in [2.45, 2.75) is 32.2 Å². The molecular weight excluding hydrogens is 276 g/mol. The highest BCUT2D eigenvalue weighted by Crippen LogP contribution is 2.16. The SMILES string of the molecule is Cc1oc(C(=O)NC(C)Cc2ccccn2)cc1CCl. The van der Waals surface area contributed by atoms with Gasteiger partial charge in [0.2, 0.25) is 0 Å². The van der Waals surface area contributed by atoms with Gasteiger partial charge in [-0.2, -0.15) is 0 Å². The molecule has 1 N–H and O–H groups in total. The molecule has 0 aromatic carbocycles. The Labute approximate surface area is 123 Å². The minimum atomic E-state index is -0.229. The molecule has 2 heterocycles. The van der Waals surface area contributed by atoms with Crippen LogP contribution in [0.4, 0.5) is 0 Å². The summed E-state index contributed by atoms with van der Waals surface area (Å²) in [7, 11) is 0. The smallest absolute Gasteiger partial charge is 0.287 e. The third kappa shape index (κ3) is 3.61. The molecule has 106 valence electrons. The number of carbonyl (C=O) groups excluding carboxylic acids is 1. The van der Waals surface area contributed by atoms with E-state index in [1.807, 2.05) is 25.1 Å². The first kappa shape index (κ1) is 14.6. The van der Waals surface area contributed by atoms with Gasteiger partial charge in [-0.3, -0.25) is 9.78 Å². The van der Waals surface area contributed by atoms with Gasteiger partial charge in [0.25, 0.3) is 5.91 Å². The van der Waals surface area contributed by atoms with Crippen LogP contribution in [0, 0.1) is 6.92 Å². The third-order valence-electron chi connectivity index (χ3n) is 3.01. The lowest BCUT2D eigenvalue weighted by Crippen LogP contribution is -2.34. The summed E-state index contributed by atoms with van der Waals surface area (Å²) < 4.78 is 5.41. The van der Waals surface area contributed by atoms with E-state index in [4.69, 9.17) is 16.0 Å². The van der Waals surface area contributed by atoms with E-state index in [9.17, 15) is 4.79 Å². The molecule has 1 amide bonds. The number of amides is 1. The van der Waals surface area contributed by atoms with Crippen LogP contribution in [-0.4, -0.2) is 16.9 Å². The lowest BCUT2D eigenvalue weighted by atomic mass is 10.1. The summed E-state index contributed by atoms with van der Waals surface area (Å²) in [4.78, 5) is 16.3. The highest BCUT2D eigenvalue weighted by atomic mass is 35.5. The number of pyridine rings is 1. The van der Waals surface area contributed by atoms with Crippen LogP contribution in [0.1, 0.15) is 34.5 Å². The van der Waals surface area contributed by atoms with Crippen molar-refractivity contribution in [3.05, 3.63) is 53.2 Å². The minimum absolute atomic E-state index is 0.0257. The van der Waals surface area contributed by atoms with Crippen molar-refractivity contribution in [1.29, 1.82) is 0 Å². The summed E-state index contributed by atoms with van der Waals surface area (Å²) >= 11 is 5.76. The fourth-order valence-corrected chi connectivity index (χ4v) is 2.21. The number of carbonyl (C=O) groups is 1. The predicted octanol–water partition coefficient (Wildman–Crippen LogP) is 3.08. The topological polar surface area (TPSA) is 55.1 Å². The monoisotopic (exact) mass is 292 g/mol. The van der Waals surface area contributed by atoms with Gasteiger partial charge in [0.1, 0.15) is 5.76 Å². The Bertz CT molecular complexity index is 581. The molecule has 0 fully saturated rings. The Morgan fingerprint density at radius 1 is 1.50 bits per heavy atom. The Balaban J connectivity index is 1.96. The van der Waals surface area contributed by atoms with Crippen molar-refractivity contribution < 1.29 is 9.21 Å². The number of hydrogen-bond donors (Lipinski definition) is 1. The van der Waals surface area contributed by atoms with Crippen LogP contribution in [0.2, 0.25) is 0 Å². The average Bonchev–Trinajstić information content (AvgIpc) is 2.81. The average molecular weight is 293 g/mol. The molecular formula is C15H17ClN2O2. The maximum atomic E-state index is 12.1. The summed E-state index contributed by atoms with van der Waals surface area (Å²) in [6.07, 6.45) is 2.42. The van der Waals surface area contributed by atoms with Crippen molar-refractivity contribution in [2.75, 3.05) is 0 Å². The number of halogens is 1. The van der Waals surface area contributed by atoms with E-state index in [2.05, 4.69) is 10.3 Å². The molecule has 0 spiro atoms. The first-order valence-electron chi connectivity index (χ1n) is 6.46. The van der Waals surface area contributed by atoms with E-state index >= 15 is 0 Å². The summed E-state index contributed by atoms with van der Waals surface area (Å²) in [5, 5.41) is 2.89. The minimum Gasteiger partial charge on any atom is -0.456 e. The van der Waals surface area contributed by atoms with Crippen LogP contribution < -0.4 is 5.32 Å². The number of hydrogen-bond acceptors (Lipinski definition) is 3. The van der Waals surface area contributed by atoms with Gasteiger partial charge in [-0.25, -0.2) is 0 Å². The maximum absolute atomic E-state index is 12.1. The second kappa shape index (κ2) is 6.57. The van der Waals surface area contributed by atoms with Crippen molar-refractivity contribution in [1.82, 2.24) is 10.3 Å². The largest absolute Gasteiger partial charge is 0.456 e. The van der Waals surface area contributed by atoms with Crippen LogP contribution >= 0.6 is 11.6 Å². The summed E-state index contributed by atoms with van der Waals surface area (Å²) in [6, 6.07) is 7.39. The fraction of sp³-hybridized carbons (Fsp3) is 0.333. The number of alkyl halides is 1. The van der Waals surface area contributed by atoms with Gasteiger partial charge in [-0.05, 0) is 32.0 Å². The van der Waals surface area contributed by atoms with Gasteiger partial charge in [0.15, 0.2) is 5.76 Å². The number of aryl methyl sites for hydroxylation is 1. The number of aromatic nitrogens is 1. The van der Waals surface area contributed by atoms with E-state index in [1.165, 1.54) is 0 Å². The molecule has 0 saturated heterocycles. The lowest BCUT2D eigenvalue weighted by Gasteiger charge is -2.12. The van der Waals surface area contributed by atoms with Crippen LogP contribution in [0.25, 0.3) is 0 Å². The molecule has 2 aromatic heterocycles. The molecule has 0 saturated carbocycles. The van der Waals surface area contributed by atoms with E-state index in [0.717, 1.165) is 11.3 Å². The maximum Gasteiger partial charge on any atom is 0.287 e. The molecule has 1 unspecified atom stereocenters. The second-order valence-corrected chi connectivity index (χ2v) is 4.99. The zero-order chi connectivity index (χ0) is 14.5. The molecule has 2 rings (SSSR count). The summed E-state index contributed by atoms with van der Waals surface area (Å²) in [5.41, 5.74) is 1.78. The lowest BCUT2D eigenvalue weighted by molar-refractivity contribution is 0.0910. The van der Waals surface area contributed by atoms with E-state index in [1.54, 1.807) is 19.2 Å². The van der Waals surface area contributed by atoms with E-state index in [0.29, 0.717) is 23.8 Å². The third-order valence-corrected chi connectivity index (χ3v) is 3.30. The standard InChI is InChI=1S/C15H17ClN2O2/c1-10(7-13-5-3-4-6-17-13)18-15(19)14-8-12(9-16)11(2)20-14/h3-6,8,10H,7,9H2,1-2H3,(H,18,19). The Hall–Kier alpha value is -1.81. The fourth-order valence-electron chi connectivity index (χ4n) is 1.94. The molecule has 0 aliphatic rings. The van der Waals surface area contributed by atoms with Gasteiger partial charge in [-0.15, -0.1) is 11.6 Å². The van der Waals surface area contributed by atoms with Crippen LogP contribution in [-0.2, 0) is 12.3 Å². The Kier molecular flexibility index (Phi) is 4.79. The molecule has 0 bridgehead atoms. The molecule has 1 atom stereocenters. The highest BCUT2D eigenvalue weighted by Gasteiger charge is 2.16. The van der Waals surface area contributed by atoms with E-state index < -0.39 is 0 Å². The van der Waals surface area contributed by atoms with Crippen molar-refractivity contribution in [3.8, 4) is 0 Å². The van der Waals surface area contributed by atoms with Crippen molar-refractivity contribution in [2.24, 2.45) is 0 Å². The molecule has 2 aromatic rings. The normalized spacial score (nSPS) is 12.2. The van der Waals surface area contributed by atoms with Gasteiger partial charge in [-0.1, -0.05) is 6.07 Å². The second-order valence-electron chi connectivity index (χ2n) is 4.73. The molecule has 20 heavy (non-hydrogen) atoms. The predicted molar refractivity (Wildman–Crippen MR) is 77.9 cm³/mol. The Morgan fingerprint density at radius 3 is 2.90 bits per heavy atom. The highest BCUT2D eigenvalue weighted by molar-refractivity contribution is 6.17. The molecule has 4 nitrogen and oxygen atoms in total. The van der Waals surface area contributed by atoms with Crippen molar-refractivity contribution >= 4 is 17.5 Å². The van der Waals surface area contributed by atoms with Crippen molar-refractivity contribution in [3.63, 3.8) is 0 Å². The number of nitrogens with one attached hydrogen (secondary N) is 1. The molecule has 0 aliphatic carbocycles. The quantitative estimate of drug-likeness (QED) is 0.862. The molecule has 5 heteroatoms. The van der Waals surface area contributed by atoms with Gasteiger partial charge in [0, 0.05) is 29.9 Å². The van der Waals surface area contributed by atoms with Crippen LogP contribution in [0.15, 0.2) is 34.9 Å². The first-order chi connectivity index (χ1) is 9.60. The molecule has 0 aliphatic heterocycles. The summed E-state index contributed by atoms with van der Waals surface area (Å²) in [5.74, 6) is 1.09. The van der Waals surface area contributed by atoms with E-state index in [-0.39, 0.29) is 11.9 Å². The zero-order valence-corrected chi connectivity index (χ0v) is 12.3. The number of rotatable bonds is 5. The van der Waals surface area contributed by atoms with Gasteiger partial charge < -0.3 is 9.73 Å².